The number of hydrogen-bond donors (Lipinski definition) is 0. The zero-order chi connectivity index (χ0) is 21.2. The van der Waals surface area contributed by atoms with Crippen molar-refractivity contribution in [2.45, 2.75) is 20.8 Å². The molecule has 0 aliphatic carbocycles. The Morgan fingerprint density at radius 2 is 1.00 bits per heavy atom. The molecule has 0 N–H and O–H groups in total. The third-order valence-corrected chi connectivity index (χ3v) is 3.99. The maximum absolute atomic E-state index is 5.74. The van der Waals surface area contributed by atoms with E-state index in [1.807, 2.05) is 61.5 Å². The molecule has 0 aromatic heterocycles. The van der Waals surface area contributed by atoms with Crippen molar-refractivity contribution in [3.8, 4) is 17.2 Å². The fraction of sp³-hybridized carbons (Fsp3) is 0.261. The Balaban J connectivity index is 2.25. The van der Waals surface area contributed by atoms with Crippen molar-refractivity contribution >= 4 is 29.8 Å². The molecule has 0 saturated heterocycles. The second-order valence-corrected chi connectivity index (χ2v) is 6.17. The van der Waals surface area contributed by atoms with Crippen LogP contribution in [0.2, 0.25) is 0 Å². The van der Waals surface area contributed by atoms with Gasteiger partial charge >= 0.3 is 0 Å². The van der Waals surface area contributed by atoms with Gasteiger partial charge in [0.25, 0.3) is 0 Å². The van der Waals surface area contributed by atoms with Gasteiger partial charge in [-0.15, -0.1) is 0 Å². The van der Waals surface area contributed by atoms with Crippen molar-refractivity contribution in [1.29, 1.82) is 0 Å². The SMILES string of the molecule is CN=C(C)Oc1ccc(/C=C\c2cc(OC(C)=NC)cc(OC(C)=NC)c2)cc1. The van der Waals surface area contributed by atoms with Crippen LogP contribution in [-0.4, -0.2) is 38.8 Å². The minimum atomic E-state index is 0.569. The molecule has 0 amide bonds. The number of benzene rings is 2. The van der Waals surface area contributed by atoms with Crippen molar-refractivity contribution in [2.24, 2.45) is 15.0 Å². The summed E-state index contributed by atoms with van der Waals surface area (Å²) in [7, 11) is 5.07. The molecule has 0 heterocycles. The van der Waals surface area contributed by atoms with Crippen LogP contribution in [0.1, 0.15) is 31.9 Å². The molecule has 0 fully saturated rings. The summed E-state index contributed by atoms with van der Waals surface area (Å²) >= 11 is 0. The first-order valence-corrected chi connectivity index (χ1v) is 9.20. The van der Waals surface area contributed by atoms with Gasteiger partial charge in [-0.2, -0.15) is 0 Å². The molecule has 0 bridgehead atoms. The van der Waals surface area contributed by atoms with Crippen LogP contribution >= 0.6 is 0 Å². The normalized spacial score (nSPS) is 13.0. The highest BCUT2D eigenvalue weighted by molar-refractivity contribution is 5.79. The molecule has 0 radical (unpaired) electrons. The first kappa shape index (κ1) is 21.9. The van der Waals surface area contributed by atoms with Crippen LogP contribution in [-0.2, 0) is 0 Å². The highest BCUT2D eigenvalue weighted by Crippen LogP contribution is 2.25. The maximum atomic E-state index is 5.74. The Bertz CT molecular complexity index is 904. The first-order chi connectivity index (χ1) is 13.9. The second-order valence-electron chi connectivity index (χ2n) is 6.17. The van der Waals surface area contributed by atoms with E-state index in [-0.39, 0.29) is 0 Å². The van der Waals surface area contributed by atoms with Crippen LogP contribution in [0.25, 0.3) is 12.2 Å². The Kier molecular flexibility index (Phi) is 8.15. The minimum Gasteiger partial charge on any atom is -0.444 e. The van der Waals surface area contributed by atoms with Crippen LogP contribution in [0.3, 0.4) is 0 Å². The molecule has 0 unspecified atom stereocenters. The zero-order valence-electron chi connectivity index (χ0n) is 17.8. The van der Waals surface area contributed by atoms with Crippen molar-refractivity contribution in [3.63, 3.8) is 0 Å². The van der Waals surface area contributed by atoms with E-state index in [2.05, 4.69) is 15.0 Å². The monoisotopic (exact) mass is 393 g/mol. The third-order valence-electron chi connectivity index (χ3n) is 3.99. The summed E-state index contributed by atoms with van der Waals surface area (Å²) in [6.07, 6.45) is 4.00. The number of aliphatic imine (C=N–C) groups is 3. The highest BCUT2D eigenvalue weighted by atomic mass is 16.5. The van der Waals surface area contributed by atoms with Gasteiger partial charge in [0.2, 0.25) is 0 Å². The summed E-state index contributed by atoms with van der Waals surface area (Å²) in [5.74, 6) is 3.80. The van der Waals surface area contributed by atoms with E-state index in [1.54, 1.807) is 35.0 Å². The summed E-state index contributed by atoms with van der Waals surface area (Å²) in [5, 5.41) is 0. The van der Waals surface area contributed by atoms with E-state index in [9.17, 15) is 0 Å². The van der Waals surface area contributed by atoms with Crippen LogP contribution < -0.4 is 14.2 Å². The van der Waals surface area contributed by atoms with Gasteiger partial charge in [0, 0.05) is 48.0 Å². The minimum absolute atomic E-state index is 0.569. The summed E-state index contributed by atoms with van der Waals surface area (Å²) < 4.78 is 17.1. The second kappa shape index (κ2) is 10.8. The molecule has 2 aromatic rings. The summed E-state index contributed by atoms with van der Waals surface area (Å²) in [4.78, 5) is 12.1. The fourth-order valence-corrected chi connectivity index (χ4v) is 2.30. The average molecular weight is 393 g/mol. The molecular formula is C23H27N3O3. The van der Waals surface area contributed by atoms with E-state index >= 15 is 0 Å². The maximum Gasteiger partial charge on any atom is 0.186 e. The summed E-state index contributed by atoms with van der Waals surface area (Å²) in [6.45, 7) is 5.42. The van der Waals surface area contributed by atoms with Gasteiger partial charge in [-0.25, -0.2) is 0 Å². The highest BCUT2D eigenvalue weighted by Gasteiger charge is 2.05. The molecule has 2 rings (SSSR count). The lowest BCUT2D eigenvalue weighted by Gasteiger charge is -2.10. The van der Waals surface area contributed by atoms with Crippen LogP contribution in [0.4, 0.5) is 0 Å². The average Bonchev–Trinajstić information content (AvgIpc) is 2.72. The van der Waals surface area contributed by atoms with Crippen LogP contribution in [0.15, 0.2) is 57.4 Å². The van der Waals surface area contributed by atoms with Crippen LogP contribution in [0.5, 0.6) is 17.2 Å². The topological polar surface area (TPSA) is 64.8 Å². The van der Waals surface area contributed by atoms with E-state index in [0.29, 0.717) is 29.2 Å². The Hall–Kier alpha value is -3.41. The van der Waals surface area contributed by atoms with E-state index < -0.39 is 0 Å². The molecule has 6 nitrogen and oxygen atoms in total. The van der Waals surface area contributed by atoms with Crippen molar-refractivity contribution < 1.29 is 14.2 Å². The quantitative estimate of drug-likeness (QED) is 0.401. The Morgan fingerprint density at radius 1 is 0.586 bits per heavy atom. The lowest BCUT2D eigenvalue weighted by atomic mass is 10.1. The number of rotatable bonds is 5. The van der Waals surface area contributed by atoms with Gasteiger partial charge in [-0.05, 0) is 35.4 Å². The fourth-order valence-electron chi connectivity index (χ4n) is 2.30. The van der Waals surface area contributed by atoms with Crippen molar-refractivity contribution in [2.75, 3.05) is 21.1 Å². The van der Waals surface area contributed by atoms with Gasteiger partial charge in [0.1, 0.15) is 17.2 Å². The van der Waals surface area contributed by atoms with Gasteiger partial charge in [0.05, 0.1) is 0 Å². The van der Waals surface area contributed by atoms with Gasteiger partial charge in [-0.1, -0.05) is 24.3 Å². The number of nitrogens with zero attached hydrogens (tertiary/aromatic N) is 3. The Morgan fingerprint density at radius 3 is 1.45 bits per heavy atom. The zero-order valence-corrected chi connectivity index (χ0v) is 17.8. The molecule has 0 saturated carbocycles. The summed E-state index contributed by atoms with van der Waals surface area (Å²) in [6, 6.07) is 13.4. The lowest BCUT2D eigenvalue weighted by Crippen LogP contribution is -2.05. The molecule has 2 aromatic carbocycles. The van der Waals surface area contributed by atoms with Crippen molar-refractivity contribution in [1.82, 2.24) is 0 Å². The predicted octanol–water partition coefficient (Wildman–Crippen LogP) is 5.14. The Labute approximate surface area is 172 Å². The lowest BCUT2D eigenvalue weighted by molar-refractivity contribution is 0.521. The molecule has 0 spiro atoms. The predicted molar refractivity (Wildman–Crippen MR) is 121 cm³/mol. The molecular weight excluding hydrogens is 366 g/mol. The standard InChI is InChI=1S/C23H27N3O3/c1-16(24-4)27-21-11-9-19(10-12-21)7-8-20-13-22(28-17(2)25-5)15-23(14-20)29-18(3)26-6/h7-15H,1-6H3/b8-7-,24-16?,25-17?,26-18?. The largest absolute Gasteiger partial charge is 0.444 e. The molecule has 29 heavy (non-hydrogen) atoms. The number of hydrogen-bond acceptors (Lipinski definition) is 6. The third kappa shape index (κ3) is 7.25. The van der Waals surface area contributed by atoms with Crippen molar-refractivity contribution in [3.05, 3.63) is 53.6 Å². The number of ether oxygens (including phenoxy) is 3. The van der Waals surface area contributed by atoms with E-state index in [4.69, 9.17) is 14.2 Å². The van der Waals surface area contributed by atoms with Gasteiger partial charge < -0.3 is 14.2 Å². The summed E-state index contributed by atoms with van der Waals surface area (Å²) in [5.41, 5.74) is 1.97. The first-order valence-electron chi connectivity index (χ1n) is 9.20. The smallest absolute Gasteiger partial charge is 0.186 e. The van der Waals surface area contributed by atoms with Gasteiger partial charge in [-0.3, -0.25) is 15.0 Å². The molecule has 0 atom stereocenters. The molecule has 0 aliphatic heterocycles. The van der Waals surface area contributed by atoms with E-state index in [0.717, 1.165) is 16.9 Å². The molecule has 152 valence electrons. The van der Waals surface area contributed by atoms with Gasteiger partial charge in [0.15, 0.2) is 17.7 Å². The van der Waals surface area contributed by atoms with E-state index in [1.165, 1.54) is 0 Å². The molecule has 0 aliphatic rings. The molecule has 6 heteroatoms. The van der Waals surface area contributed by atoms with Crippen LogP contribution in [0, 0.1) is 0 Å².